The molecule has 2 rings (SSSR count). The van der Waals surface area contributed by atoms with Crippen molar-refractivity contribution in [1.29, 1.82) is 0 Å². The molecule has 0 fully saturated rings. The van der Waals surface area contributed by atoms with Crippen molar-refractivity contribution in [2.75, 3.05) is 11.6 Å². The topological polar surface area (TPSA) is 70.6 Å². The van der Waals surface area contributed by atoms with Crippen molar-refractivity contribution < 1.29 is 9.59 Å². The van der Waals surface area contributed by atoms with Crippen molar-refractivity contribution in [2.24, 2.45) is 10.9 Å². The van der Waals surface area contributed by atoms with Gasteiger partial charge in [-0.15, -0.1) is 0 Å². The minimum Gasteiger partial charge on any atom is -0.349 e. The Morgan fingerprint density at radius 3 is 2.63 bits per heavy atom. The molecule has 19 heavy (non-hydrogen) atoms. The smallest absolute Gasteiger partial charge is 0.267 e. The Labute approximate surface area is 119 Å². The molecule has 0 spiro atoms. The van der Waals surface area contributed by atoms with Gasteiger partial charge in [0.15, 0.2) is 11.1 Å². The van der Waals surface area contributed by atoms with E-state index in [1.165, 1.54) is 11.8 Å². The van der Waals surface area contributed by atoms with Gasteiger partial charge in [-0.05, 0) is 18.4 Å². The van der Waals surface area contributed by atoms with Crippen LogP contribution >= 0.6 is 24.0 Å². The fourth-order valence-electron chi connectivity index (χ4n) is 1.55. The third-order valence-corrected chi connectivity index (χ3v) is 3.37. The number of nitrogens with one attached hydrogen (secondary N) is 2. The summed E-state index contributed by atoms with van der Waals surface area (Å²) in [5.74, 6) is -2.05. The number of aliphatic imine (C=N–C) groups is 1. The molecule has 98 valence electrons. The highest BCUT2D eigenvalue weighted by Crippen LogP contribution is 2.14. The van der Waals surface area contributed by atoms with Crippen LogP contribution in [-0.2, 0) is 9.59 Å². The predicted octanol–water partition coefficient (Wildman–Crippen LogP) is 1.42. The lowest BCUT2D eigenvalue weighted by molar-refractivity contribution is -0.130. The molecule has 0 saturated carbocycles. The van der Waals surface area contributed by atoms with E-state index in [1.54, 1.807) is 18.4 Å². The fraction of sp³-hybridized carbons (Fsp3) is 0.167. The minimum absolute atomic E-state index is 0.151. The summed E-state index contributed by atoms with van der Waals surface area (Å²) in [6.45, 7) is 0. The maximum Gasteiger partial charge on any atom is 0.267 e. The zero-order valence-corrected chi connectivity index (χ0v) is 11.7. The molecule has 1 aromatic carbocycles. The van der Waals surface area contributed by atoms with Crippen molar-refractivity contribution in [2.45, 2.75) is 0 Å². The van der Waals surface area contributed by atoms with Crippen molar-refractivity contribution in [3.63, 3.8) is 0 Å². The van der Waals surface area contributed by atoms with E-state index in [9.17, 15) is 9.59 Å². The van der Waals surface area contributed by atoms with E-state index in [2.05, 4.69) is 15.6 Å². The standard InChI is InChI=1S/C12H11N3O2S2/c1-19-12-14-9(16)8(10(17)15-12)11(18)13-7-5-3-2-4-6-7/h2-6,8H,1H3,(H,13,18)(H,14,15,16,17). The lowest BCUT2D eigenvalue weighted by Crippen LogP contribution is -2.47. The van der Waals surface area contributed by atoms with E-state index >= 15 is 0 Å². The normalized spacial score (nSPS) is 18.6. The number of benzene rings is 1. The molecule has 1 aromatic rings. The van der Waals surface area contributed by atoms with Crippen LogP contribution in [0.15, 0.2) is 35.3 Å². The van der Waals surface area contributed by atoms with E-state index in [4.69, 9.17) is 12.2 Å². The number of hydrogen-bond acceptors (Lipinski definition) is 4. The first-order valence-electron chi connectivity index (χ1n) is 5.45. The number of amides is 2. The number of carbonyl (C=O) groups excluding carboxylic acids is 2. The average molecular weight is 293 g/mol. The minimum atomic E-state index is -1.06. The molecule has 0 aromatic heterocycles. The number of amidine groups is 1. The summed E-state index contributed by atoms with van der Waals surface area (Å²) < 4.78 is 0. The van der Waals surface area contributed by atoms with Crippen molar-refractivity contribution >= 4 is 51.6 Å². The molecule has 0 radical (unpaired) electrons. The highest BCUT2D eigenvalue weighted by molar-refractivity contribution is 8.13. The number of thiocarbonyl (C=S) groups is 1. The van der Waals surface area contributed by atoms with Crippen molar-refractivity contribution in [1.82, 2.24) is 5.32 Å². The third-order valence-electron chi connectivity index (χ3n) is 2.45. The Morgan fingerprint density at radius 2 is 2.05 bits per heavy atom. The van der Waals surface area contributed by atoms with Crippen molar-refractivity contribution in [3.8, 4) is 0 Å². The van der Waals surface area contributed by atoms with Gasteiger partial charge in [-0.2, -0.15) is 4.99 Å². The van der Waals surface area contributed by atoms with Crippen LogP contribution < -0.4 is 10.6 Å². The Morgan fingerprint density at radius 1 is 1.37 bits per heavy atom. The molecule has 1 aliphatic heterocycles. The van der Waals surface area contributed by atoms with Crippen LogP contribution in [0.2, 0.25) is 0 Å². The van der Waals surface area contributed by atoms with Gasteiger partial charge < -0.3 is 10.6 Å². The van der Waals surface area contributed by atoms with Crippen LogP contribution in [0, 0.1) is 5.92 Å². The van der Waals surface area contributed by atoms with E-state index in [1.807, 2.05) is 18.2 Å². The van der Waals surface area contributed by atoms with Gasteiger partial charge in [-0.1, -0.05) is 42.2 Å². The summed E-state index contributed by atoms with van der Waals surface area (Å²) in [5, 5.41) is 5.72. The molecule has 1 atom stereocenters. The van der Waals surface area contributed by atoms with Gasteiger partial charge in [0.05, 0.1) is 0 Å². The van der Waals surface area contributed by atoms with Gasteiger partial charge in [0.25, 0.3) is 5.91 Å². The van der Waals surface area contributed by atoms with Crippen LogP contribution in [0.25, 0.3) is 0 Å². The zero-order chi connectivity index (χ0) is 13.8. The fourth-order valence-corrected chi connectivity index (χ4v) is 2.26. The van der Waals surface area contributed by atoms with Crippen LogP contribution in [0.1, 0.15) is 0 Å². The molecule has 1 aliphatic rings. The zero-order valence-electron chi connectivity index (χ0n) is 10.0. The van der Waals surface area contributed by atoms with E-state index in [-0.39, 0.29) is 4.99 Å². The average Bonchev–Trinajstić information content (AvgIpc) is 2.38. The maximum atomic E-state index is 11.9. The second-order valence-electron chi connectivity index (χ2n) is 3.74. The molecule has 5 nitrogen and oxygen atoms in total. The SMILES string of the molecule is CSC1=NC(=O)C(C(=S)Nc2ccccc2)C(=O)N1. The van der Waals surface area contributed by atoms with Gasteiger partial charge in [-0.3, -0.25) is 9.59 Å². The molecule has 0 aliphatic carbocycles. The van der Waals surface area contributed by atoms with Gasteiger partial charge in [0.2, 0.25) is 5.91 Å². The Bertz CT molecular complexity index is 557. The first-order valence-corrected chi connectivity index (χ1v) is 7.08. The van der Waals surface area contributed by atoms with Crippen molar-refractivity contribution in [3.05, 3.63) is 30.3 Å². The molecular formula is C12H11N3O2S2. The van der Waals surface area contributed by atoms with Gasteiger partial charge in [-0.25, -0.2) is 0 Å². The monoisotopic (exact) mass is 293 g/mol. The third kappa shape index (κ3) is 3.18. The van der Waals surface area contributed by atoms with E-state index in [0.29, 0.717) is 5.17 Å². The van der Waals surface area contributed by atoms with Crippen LogP contribution in [0.4, 0.5) is 5.69 Å². The summed E-state index contributed by atoms with van der Waals surface area (Å²) >= 11 is 6.32. The lowest BCUT2D eigenvalue weighted by atomic mass is 10.1. The first-order chi connectivity index (χ1) is 9.11. The summed E-state index contributed by atoms with van der Waals surface area (Å²) in [4.78, 5) is 27.6. The quantitative estimate of drug-likeness (QED) is 0.637. The molecule has 1 heterocycles. The molecule has 2 N–H and O–H groups in total. The second kappa shape index (κ2) is 5.94. The molecule has 0 saturated heterocycles. The Hall–Kier alpha value is -1.73. The number of para-hydroxylation sites is 1. The molecule has 0 bridgehead atoms. The molecule has 1 unspecified atom stereocenters. The van der Waals surface area contributed by atoms with Crippen LogP contribution in [-0.4, -0.2) is 28.2 Å². The lowest BCUT2D eigenvalue weighted by Gasteiger charge is -2.20. The van der Waals surface area contributed by atoms with E-state index < -0.39 is 17.7 Å². The molecular weight excluding hydrogens is 282 g/mol. The number of hydrogen-bond donors (Lipinski definition) is 2. The number of anilines is 1. The van der Waals surface area contributed by atoms with Gasteiger partial charge in [0.1, 0.15) is 4.99 Å². The largest absolute Gasteiger partial charge is 0.349 e. The summed E-state index contributed by atoms with van der Waals surface area (Å²) in [5.41, 5.74) is 0.729. The second-order valence-corrected chi connectivity index (χ2v) is 4.97. The summed E-state index contributed by atoms with van der Waals surface area (Å²) in [6.07, 6.45) is 1.73. The maximum absolute atomic E-state index is 11.9. The number of carbonyl (C=O) groups is 2. The Balaban J connectivity index is 2.14. The highest BCUT2D eigenvalue weighted by Gasteiger charge is 2.35. The first kappa shape index (κ1) is 13.7. The number of rotatable bonds is 2. The predicted molar refractivity (Wildman–Crippen MR) is 80.3 cm³/mol. The van der Waals surface area contributed by atoms with Gasteiger partial charge >= 0.3 is 0 Å². The summed E-state index contributed by atoms with van der Waals surface area (Å²) in [7, 11) is 0. The highest BCUT2D eigenvalue weighted by atomic mass is 32.2. The van der Waals surface area contributed by atoms with Gasteiger partial charge in [0, 0.05) is 5.69 Å². The Kier molecular flexibility index (Phi) is 4.28. The van der Waals surface area contributed by atoms with Crippen LogP contribution in [0.5, 0.6) is 0 Å². The molecule has 7 heteroatoms. The van der Waals surface area contributed by atoms with Crippen LogP contribution in [0.3, 0.4) is 0 Å². The molecule has 2 amide bonds. The number of thioether (sulfide) groups is 1. The summed E-state index contributed by atoms with van der Waals surface area (Å²) in [6, 6.07) is 9.12. The number of nitrogens with zero attached hydrogens (tertiary/aromatic N) is 1. The van der Waals surface area contributed by atoms with E-state index in [0.717, 1.165) is 5.69 Å².